The van der Waals surface area contributed by atoms with Gasteiger partial charge in [0, 0.05) is 5.56 Å². The lowest BCUT2D eigenvalue weighted by Crippen LogP contribution is -2.09. The molecule has 0 bridgehead atoms. The number of aryl methyl sites for hydroxylation is 1. The third-order valence-corrected chi connectivity index (χ3v) is 2.21. The molecule has 1 aromatic rings. The second-order valence-corrected chi connectivity index (χ2v) is 3.24. The molecule has 86 valence electrons. The summed E-state index contributed by atoms with van der Waals surface area (Å²) in [5.74, 6) is 0.0257. The predicted molar refractivity (Wildman–Crippen MR) is 59.1 cm³/mol. The van der Waals surface area contributed by atoms with Crippen molar-refractivity contribution in [2.24, 2.45) is 0 Å². The van der Waals surface area contributed by atoms with E-state index in [9.17, 15) is 9.59 Å². The molecule has 0 aromatic heterocycles. The lowest BCUT2D eigenvalue weighted by molar-refractivity contribution is 0.0523. The van der Waals surface area contributed by atoms with E-state index in [0.29, 0.717) is 23.2 Å². The molecule has 0 aliphatic carbocycles. The molecule has 0 atom stereocenters. The number of aldehydes is 1. The van der Waals surface area contributed by atoms with Crippen molar-refractivity contribution in [2.75, 3.05) is 13.7 Å². The molecular formula is C12H14O4. The summed E-state index contributed by atoms with van der Waals surface area (Å²) >= 11 is 0. The number of ether oxygens (including phenoxy) is 2. The second kappa shape index (κ2) is 5.30. The van der Waals surface area contributed by atoms with Gasteiger partial charge in [0.1, 0.15) is 5.75 Å². The fraction of sp³-hybridized carbons (Fsp3) is 0.333. The van der Waals surface area contributed by atoms with Crippen molar-refractivity contribution < 1.29 is 19.1 Å². The molecule has 4 heteroatoms. The first-order valence-corrected chi connectivity index (χ1v) is 4.95. The number of hydrogen-bond acceptors (Lipinski definition) is 4. The van der Waals surface area contributed by atoms with Gasteiger partial charge in [-0.1, -0.05) is 0 Å². The van der Waals surface area contributed by atoms with Crippen LogP contribution in [0.4, 0.5) is 0 Å². The molecule has 0 saturated carbocycles. The van der Waals surface area contributed by atoms with Crippen LogP contribution in [0.2, 0.25) is 0 Å². The van der Waals surface area contributed by atoms with Crippen molar-refractivity contribution in [2.45, 2.75) is 13.8 Å². The molecule has 0 radical (unpaired) electrons. The third-order valence-electron chi connectivity index (χ3n) is 2.21. The van der Waals surface area contributed by atoms with Crippen LogP contribution in [0.25, 0.3) is 0 Å². The zero-order valence-corrected chi connectivity index (χ0v) is 9.57. The highest BCUT2D eigenvalue weighted by Crippen LogP contribution is 2.21. The molecule has 1 rings (SSSR count). The minimum Gasteiger partial charge on any atom is -0.497 e. The molecule has 16 heavy (non-hydrogen) atoms. The normalized spacial score (nSPS) is 9.69. The van der Waals surface area contributed by atoms with Crippen molar-refractivity contribution in [3.8, 4) is 5.75 Å². The molecule has 0 aliphatic rings. The van der Waals surface area contributed by atoms with Gasteiger partial charge in [0.25, 0.3) is 0 Å². The quantitative estimate of drug-likeness (QED) is 0.577. The Morgan fingerprint density at radius 1 is 1.44 bits per heavy atom. The Kier molecular flexibility index (Phi) is 4.05. The molecule has 0 fully saturated rings. The average molecular weight is 222 g/mol. The highest BCUT2D eigenvalue weighted by molar-refractivity contribution is 5.99. The molecule has 0 heterocycles. The lowest BCUT2D eigenvalue weighted by atomic mass is 10.0. The van der Waals surface area contributed by atoms with Gasteiger partial charge in [-0.25, -0.2) is 4.79 Å². The van der Waals surface area contributed by atoms with Crippen molar-refractivity contribution in [3.63, 3.8) is 0 Å². The SMILES string of the molecule is CCOC(=O)c1cc(OC)cc(C)c1C=O. The maximum absolute atomic E-state index is 11.6. The minimum atomic E-state index is -0.508. The average Bonchev–Trinajstić information content (AvgIpc) is 2.28. The van der Waals surface area contributed by atoms with Crippen molar-refractivity contribution >= 4 is 12.3 Å². The fourth-order valence-electron chi connectivity index (χ4n) is 1.42. The molecule has 0 spiro atoms. The number of carbonyl (C=O) groups is 2. The van der Waals surface area contributed by atoms with Gasteiger partial charge in [-0.15, -0.1) is 0 Å². The van der Waals surface area contributed by atoms with Gasteiger partial charge in [0.05, 0.1) is 19.3 Å². The Hall–Kier alpha value is -1.84. The Balaban J connectivity index is 3.27. The van der Waals surface area contributed by atoms with Crippen LogP contribution >= 0.6 is 0 Å². The summed E-state index contributed by atoms with van der Waals surface area (Å²) in [5.41, 5.74) is 1.28. The van der Waals surface area contributed by atoms with E-state index in [2.05, 4.69) is 0 Å². The minimum absolute atomic E-state index is 0.244. The van der Waals surface area contributed by atoms with Crippen LogP contribution in [0, 0.1) is 6.92 Å². The summed E-state index contributed by atoms with van der Waals surface area (Å²) in [7, 11) is 1.50. The smallest absolute Gasteiger partial charge is 0.338 e. The first kappa shape index (κ1) is 12.2. The molecule has 1 aromatic carbocycles. The van der Waals surface area contributed by atoms with Gasteiger partial charge in [-0.2, -0.15) is 0 Å². The summed E-state index contributed by atoms with van der Waals surface area (Å²) in [6, 6.07) is 3.21. The zero-order valence-electron chi connectivity index (χ0n) is 9.57. The van der Waals surface area contributed by atoms with Gasteiger partial charge in [-0.3, -0.25) is 4.79 Å². The van der Waals surface area contributed by atoms with Crippen LogP contribution < -0.4 is 4.74 Å². The monoisotopic (exact) mass is 222 g/mol. The van der Waals surface area contributed by atoms with E-state index in [4.69, 9.17) is 9.47 Å². The molecule has 0 aliphatic heterocycles. The third kappa shape index (κ3) is 2.39. The Morgan fingerprint density at radius 2 is 2.12 bits per heavy atom. The highest BCUT2D eigenvalue weighted by atomic mass is 16.5. The van der Waals surface area contributed by atoms with Crippen LogP contribution in [-0.4, -0.2) is 26.0 Å². The first-order valence-electron chi connectivity index (χ1n) is 4.95. The maximum atomic E-state index is 11.6. The van der Waals surface area contributed by atoms with Crippen molar-refractivity contribution in [1.29, 1.82) is 0 Å². The molecule has 0 saturated heterocycles. The number of carbonyl (C=O) groups excluding carboxylic acids is 2. The van der Waals surface area contributed by atoms with E-state index in [-0.39, 0.29) is 12.2 Å². The van der Waals surface area contributed by atoms with E-state index in [1.807, 2.05) is 0 Å². The van der Waals surface area contributed by atoms with E-state index >= 15 is 0 Å². The topological polar surface area (TPSA) is 52.6 Å². The molecule has 0 N–H and O–H groups in total. The largest absolute Gasteiger partial charge is 0.497 e. The molecule has 0 unspecified atom stereocenters. The zero-order chi connectivity index (χ0) is 12.1. The number of esters is 1. The first-order chi connectivity index (χ1) is 7.63. The fourth-order valence-corrected chi connectivity index (χ4v) is 1.42. The van der Waals surface area contributed by atoms with Crippen LogP contribution in [0.15, 0.2) is 12.1 Å². The van der Waals surface area contributed by atoms with Gasteiger partial charge >= 0.3 is 5.97 Å². The van der Waals surface area contributed by atoms with E-state index in [1.54, 1.807) is 19.9 Å². The van der Waals surface area contributed by atoms with E-state index < -0.39 is 5.97 Å². The number of benzene rings is 1. The summed E-state index contributed by atoms with van der Waals surface area (Å²) in [6.07, 6.45) is 0.654. The summed E-state index contributed by atoms with van der Waals surface area (Å²) in [5, 5.41) is 0. The predicted octanol–water partition coefficient (Wildman–Crippen LogP) is 1.99. The Bertz CT molecular complexity index is 410. The van der Waals surface area contributed by atoms with Crippen LogP contribution in [-0.2, 0) is 4.74 Å². The number of hydrogen-bond donors (Lipinski definition) is 0. The summed E-state index contributed by atoms with van der Waals surface area (Å²) in [6.45, 7) is 3.73. The van der Waals surface area contributed by atoms with E-state index in [1.165, 1.54) is 13.2 Å². The van der Waals surface area contributed by atoms with Crippen molar-refractivity contribution in [1.82, 2.24) is 0 Å². The Morgan fingerprint density at radius 3 is 2.62 bits per heavy atom. The number of rotatable bonds is 4. The van der Waals surface area contributed by atoms with Crippen LogP contribution in [0.1, 0.15) is 33.2 Å². The van der Waals surface area contributed by atoms with E-state index in [0.717, 1.165) is 0 Å². The van der Waals surface area contributed by atoms with Crippen LogP contribution in [0.3, 0.4) is 0 Å². The van der Waals surface area contributed by atoms with Gasteiger partial charge in [0.2, 0.25) is 0 Å². The van der Waals surface area contributed by atoms with Gasteiger partial charge in [-0.05, 0) is 31.5 Å². The van der Waals surface area contributed by atoms with Gasteiger partial charge in [0.15, 0.2) is 6.29 Å². The van der Waals surface area contributed by atoms with Crippen molar-refractivity contribution in [3.05, 3.63) is 28.8 Å². The summed E-state index contributed by atoms with van der Waals surface area (Å²) < 4.78 is 9.91. The number of methoxy groups -OCH3 is 1. The van der Waals surface area contributed by atoms with Crippen LogP contribution in [0.5, 0.6) is 5.75 Å². The second-order valence-electron chi connectivity index (χ2n) is 3.24. The summed E-state index contributed by atoms with van der Waals surface area (Å²) in [4.78, 5) is 22.5. The molecule has 0 amide bonds. The maximum Gasteiger partial charge on any atom is 0.338 e. The highest BCUT2D eigenvalue weighted by Gasteiger charge is 2.15. The standard InChI is InChI=1S/C12H14O4/c1-4-16-12(14)10-6-9(15-3)5-8(2)11(10)7-13/h5-7H,4H2,1-3H3. The lowest BCUT2D eigenvalue weighted by Gasteiger charge is -2.09. The molecule has 4 nitrogen and oxygen atoms in total. The molecular weight excluding hydrogens is 208 g/mol. The van der Waals surface area contributed by atoms with Gasteiger partial charge < -0.3 is 9.47 Å². The Labute approximate surface area is 94.2 Å².